The quantitative estimate of drug-likeness (QED) is 0.897. The second kappa shape index (κ2) is 4.60. The first-order valence-electron chi connectivity index (χ1n) is 5.68. The van der Waals surface area contributed by atoms with Crippen LogP contribution in [0.15, 0.2) is 18.2 Å². The average Bonchev–Trinajstić information content (AvgIpc) is 2.64. The molecule has 0 unspecified atom stereocenters. The Hall–Kier alpha value is -2.17. The first kappa shape index (κ1) is 12.3. The van der Waals surface area contributed by atoms with Gasteiger partial charge in [0.25, 0.3) is 0 Å². The number of carboxylic acids is 1. The van der Waals surface area contributed by atoms with E-state index < -0.39 is 5.97 Å². The molecule has 0 atom stereocenters. The van der Waals surface area contributed by atoms with Gasteiger partial charge >= 0.3 is 5.97 Å². The van der Waals surface area contributed by atoms with Crippen molar-refractivity contribution in [2.45, 2.75) is 27.3 Å². The van der Waals surface area contributed by atoms with E-state index in [2.05, 4.69) is 16.4 Å². The first-order valence-corrected chi connectivity index (χ1v) is 5.68. The van der Waals surface area contributed by atoms with Crippen LogP contribution < -0.4 is 0 Å². The summed E-state index contributed by atoms with van der Waals surface area (Å²) in [6.07, 6.45) is 0. The molecule has 0 spiro atoms. The molecule has 1 N–H and O–H groups in total. The fourth-order valence-corrected chi connectivity index (χ4v) is 1.96. The van der Waals surface area contributed by atoms with Crippen LogP contribution in [0.25, 0.3) is 0 Å². The highest BCUT2D eigenvalue weighted by Crippen LogP contribution is 2.13. The van der Waals surface area contributed by atoms with E-state index in [9.17, 15) is 4.79 Å². The highest BCUT2D eigenvalue weighted by Gasteiger charge is 2.16. The molecule has 0 radical (unpaired) electrons. The van der Waals surface area contributed by atoms with Gasteiger partial charge in [-0.3, -0.25) is 0 Å². The summed E-state index contributed by atoms with van der Waals surface area (Å²) in [6, 6.07) is 6.07. The molecule has 18 heavy (non-hydrogen) atoms. The van der Waals surface area contributed by atoms with Crippen LogP contribution in [0.1, 0.15) is 32.9 Å². The normalized spacial score (nSPS) is 10.6. The maximum Gasteiger partial charge on any atom is 0.356 e. The van der Waals surface area contributed by atoms with Gasteiger partial charge in [0.2, 0.25) is 0 Å². The van der Waals surface area contributed by atoms with E-state index in [1.54, 1.807) is 6.92 Å². The highest BCUT2D eigenvalue weighted by molar-refractivity contribution is 5.86. The van der Waals surface area contributed by atoms with Crippen molar-refractivity contribution in [3.05, 3.63) is 46.3 Å². The van der Waals surface area contributed by atoms with E-state index >= 15 is 0 Å². The number of aryl methyl sites for hydroxylation is 3. The van der Waals surface area contributed by atoms with Gasteiger partial charge in [0.05, 0.1) is 12.2 Å². The van der Waals surface area contributed by atoms with Crippen molar-refractivity contribution in [1.82, 2.24) is 15.0 Å². The summed E-state index contributed by atoms with van der Waals surface area (Å²) in [7, 11) is 0. The number of aromatic nitrogens is 3. The SMILES string of the molecule is Cc1ccc(Cn2nnc(C)c2C(=O)O)c(C)c1. The molecule has 0 aliphatic rings. The Bertz CT molecular complexity index is 602. The maximum atomic E-state index is 11.1. The highest BCUT2D eigenvalue weighted by atomic mass is 16.4. The smallest absolute Gasteiger partial charge is 0.356 e. The van der Waals surface area contributed by atoms with Crippen LogP contribution in [0, 0.1) is 20.8 Å². The van der Waals surface area contributed by atoms with Crippen molar-refractivity contribution in [3.63, 3.8) is 0 Å². The largest absolute Gasteiger partial charge is 0.476 e. The molecule has 94 valence electrons. The minimum atomic E-state index is -0.998. The standard InChI is InChI=1S/C13H15N3O2/c1-8-4-5-11(9(2)6-8)7-16-12(13(17)18)10(3)14-15-16/h4-6H,7H2,1-3H3,(H,17,18). The van der Waals surface area contributed by atoms with Crippen LogP contribution in [0.3, 0.4) is 0 Å². The molecular formula is C13H15N3O2. The lowest BCUT2D eigenvalue weighted by Gasteiger charge is -2.08. The van der Waals surface area contributed by atoms with Crippen LogP contribution in [0.4, 0.5) is 0 Å². The van der Waals surface area contributed by atoms with E-state index in [1.165, 1.54) is 10.2 Å². The van der Waals surface area contributed by atoms with Crippen molar-refractivity contribution < 1.29 is 9.90 Å². The van der Waals surface area contributed by atoms with Gasteiger partial charge in [-0.2, -0.15) is 0 Å². The molecule has 1 aromatic heterocycles. The lowest BCUT2D eigenvalue weighted by Crippen LogP contribution is -2.12. The summed E-state index contributed by atoms with van der Waals surface area (Å²) in [5.41, 5.74) is 3.94. The van der Waals surface area contributed by atoms with Gasteiger partial charge in [-0.25, -0.2) is 9.48 Å². The second-order valence-electron chi connectivity index (χ2n) is 4.42. The van der Waals surface area contributed by atoms with Gasteiger partial charge in [0.1, 0.15) is 0 Å². The minimum absolute atomic E-state index is 0.148. The molecule has 0 saturated heterocycles. The third-order valence-corrected chi connectivity index (χ3v) is 2.92. The molecule has 0 aliphatic carbocycles. The summed E-state index contributed by atoms with van der Waals surface area (Å²) in [5.74, 6) is -0.998. The van der Waals surface area contributed by atoms with Gasteiger partial charge in [0, 0.05) is 0 Å². The molecule has 2 aromatic rings. The van der Waals surface area contributed by atoms with Crippen LogP contribution in [0.2, 0.25) is 0 Å². The topological polar surface area (TPSA) is 68.0 Å². The lowest BCUT2D eigenvalue weighted by atomic mass is 10.1. The molecule has 0 aliphatic heterocycles. The van der Waals surface area contributed by atoms with Crippen LogP contribution in [0.5, 0.6) is 0 Å². The molecule has 0 fully saturated rings. The third-order valence-electron chi connectivity index (χ3n) is 2.92. The van der Waals surface area contributed by atoms with Gasteiger partial charge in [-0.05, 0) is 31.9 Å². The Morgan fingerprint density at radius 3 is 2.67 bits per heavy atom. The maximum absolute atomic E-state index is 11.1. The number of hydrogen-bond acceptors (Lipinski definition) is 3. The number of hydrogen-bond donors (Lipinski definition) is 1. The average molecular weight is 245 g/mol. The molecule has 5 nitrogen and oxygen atoms in total. The predicted octanol–water partition coefficient (Wildman–Crippen LogP) is 1.95. The van der Waals surface area contributed by atoms with Crippen LogP contribution in [-0.4, -0.2) is 26.1 Å². The Morgan fingerprint density at radius 2 is 2.06 bits per heavy atom. The Balaban J connectivity index is 2.37. The molecule has 2 rings (SSSR count). The van der Waals surface area contributed by atoms with Crippen molar-refractivity contribution in [1.29, 1.82) is 0 Å². The zero-order chi connectivity index (χ0) is 13.3. The Morgan fingerprint density at radius 1 is 1.33 bits per heavy atom. The molecule has 1 aromatic carbocycles. The van der Waals surface area contributed by atoms with Crippen molar-refractivity contribution in [2.24, 2.45) is 0 Å². The second-order valence-corrected chi connectivity index (χ2v) is 4.42. The number of carboxylic acid groups (broad SMARTS) is 1. The van der Waals surface area contributed by atoms with E-state index in [0.29, 0.717) is 12.2 Å². The van der Waals surface area contributed by atoms with E-state index in [0.717, 1.165) is 11.1 Å². The van der Waals surface area contributed by atoms with Crippen molar-refractivity contribution >= 4 is 5.97 Å². The lowest BCUT2D eigenvalue weighted by molar-refractivity contribution is 0.0683. The minimum Gasteiger partial charge on any atom is -0.476 e. The molecule has 0 amide bonds. The molecule has 0 saturated carbocycles. The number of benzene rings is 1. The monoisotopic (exact) mass is 245 g/mol. The third kappa shape index (κ3) is 2.25. The van der Waals surface area contributed by atoms with Gasteiger partial charge in [-0.15, -0.1) is 5.10 Å². The van der Waals surface area contributed by atoms with E-state index in [4.69, 9.17) is 5.11 Å². The summed E-state index contributed by atoms with van der Waals surface area (Å²) in [5, 5.41) is 16.8. The van der Waals surface area contributed by atoms with E-state index in [-0.39, 0.29) is 5.69 Å². The molecule has 5 heteroatoms. The van der Waals surface area contributed by atoms with Gasteiger partial charge < -0.3 is 5.11 Å². The van der Waals surface area contributed by atoms with Crippen LogP contribution >= 0.6 is 0 Å². The first-order chi connectivity index (χ1) is 8.49. The zero-order valence-electron chi connectivity index (χ0n) is 10.6. The van der Waals surface area contributed by atoms with Crippen molar-refractivity contribution in [3.8, 4) is 0 Å². The summed E-state index contributed by atoms with van der Waals surface area (Å²) < 4.78 is 1.43. The molecular weight excluding hydrogens is 230 g/mol. The van der Waals surface area contributed by atoms with Gasteiger partial charge in [0.15, 0.2) is 5.69 Å². The van der Waals surface area contributed by atoms with Gasteiger partial charge in [-0.1, -0.05) is 29.0 Å². The Kier molecular flexibility index (Phi) is 3.14. The summed E-state index contributed by atoms with van der Waals surface area (Å²) in [6.45, 7) is 6.11. The Labute approximate surface area is 105 Å². The number of aromatic carboxylic acids is 1. The number of carbonyl (C=O) groups is 1. The molecule has 0 bridgehead atoms. The summed E-state index contributed by atoms with van der Waals surface area (Å²) in [4.78, 5) is 11.1. The van der Waals surface area contributed by atoms with Crippen molar-refractivity contribution in [2.75, 3.05) is 0 Å². The zero-order valence-corrected chi connectivity index (χ0v) is 10.6. The molecule has 1 heterocycles. The fraction of sp³-hybridized carbons (Fsp3) is 0.308. The van der Waals surface area contributed by atoms with Crippen LogP contribution in [-0.2, 0) is 6.54 Å². The number of nitrogens with zero attached hydrogens (tertiary/aromatic N) is 3. The summed E-state index contributed by atoms with van der Waals surface area (Å²) >= 11 is 0. The van der Waals surface area contributed by atoms with E-state index in [1.807, 2.05) is 26.0 Å². The fourth-order valence-electron chi connectivity index (χ4n) is 1.96. The number of rotatable bonds is 3. The predicted molar refractivity (Wildman–Crippen MR) is 66.7 cm³/mol.